The third kappa shape index (κ3) is 3.61. The van der Waals surface area contributed by atoms with E-state index >= 15 is 0 Å². The number of anilines is 1. The van der Waals surface area contributed by atoms with E-state index in [4.69, 9.17) is 0 Å². The van der Waals surface area contributed by atoms with E-state index in [1.165, 1.54) is 11.3 Å². The van der Waals surface area contributed by atoms with Crippen LogP contribution < -0.4 is 10.6 Å². The van der Waals surface area contributed by atoms with Gasteiger partial charge in [-0.3, -0.25) is 19.9 Å². The van der Waals surface area contributed by atoms with Gasteiger partial charge in [0.1, 0.15) is 0 Å². The summed E-state index contributed by atoms with van der Waals surface area (Å²) in [6.07, 6.45) is 3.26. The first-order chi connectivity index (χ1) is 9.56. The van der Waals surface area contributed by atoms with Crippen LogP contribution in [0.1, 0.15) is 16.1 Å². The molecule has 20 heavy (non-hydrogen) atoms. The van der Waals surface area contributed by atoms with Crippen LogP contribution in [-0.4, -0.2) is 21.8 Å². The molecule has 0 aliphatic carbocycles. The van der Waals surface area contributed by atoms with Gasteiger partial charge in [-0.05, 0) is 31.5 Å². The van der Waals surface area contributed by atoms with Crippen molar-refractivity contribution in [1.29, 1.82) is 0 Å². The zero-order valence-electron chi connectivity index (χ0n) is 11.1. The maximum absolute atomic E-state index is 11.7. The summed E-state index contributed by atoms with van der Waals surface area (Å²) >= 11 is 1.34. The standard InChI is InChI=1S/C13H14N4O2S/c1-8-9(2)20-13(16-8)17-12(19)11(18)15-7-10-3-5-14-6-4-10/h3-6H,7H2,1-2H3,(H,15,18)(H,16,17,19). The Morgan fingerprint density at radius 2 is 1.90 bits per heavy atom. The van der Waals surface area contributed by atoms with E-state index in [-0.39, 0.29) is 6.54 Å². The number of nitrogens with zero attached hydrogens (tertiary/aromatic N) is 2. The molecule has 2 N–H and O–H groups in total. The summed E-state index contributed by atoms with van der Waals surface area (Å²) in [6, 6.07) is 3.54. The van der Waals surface area contributed by atoms with Crippen LogP contribution in [0.2, 0.25) is 0 Å². The zero-order chi connectivity index (χ0) is 14.5. The number of aryl methyl sites for hydroxylation is 2. The van der Waals surface area contributed by atoms with Crippen LogP contribution in [0.3, 0.4) is 0 Å². The summed E-state index contributed by atoms with van der Waals surface area (Å²) in [5.74, 6) is -1.40. The molecule has 7 heteroatoms. The molecule has 0 bridgehead atoms. The fraction of sp³-hybridized carbons (Fsp3) is 0.231. The largest absolute Gasteiger partial charge is 0.344 e. The Morgan fingerprint density at radius 3 is 2.50 bits per heavy atom. The number of nitrogens with one attached hydrogen (secondary N) is 2. The molecule has 2 amide bonds. The number of hydrogen-bond acceptors (Lipinski definition) is 5. The molecule has 0 unspecified atom stereocenters. The average molecular weight is 290 g/mol. The zero-order valence-corrected chi connectivity index (χ0v) is 12.0. The molecular formula is C13H14N4O2S. The highest BCUT2D eigenvalue weighted by atomic mass is 32.1. The highest BCUT2D eigenvalue weighted by Crippen LogP contribution is 2.20. The normalized spacial score (nSPS) is 10.1. The van der Waals surface area contributed by atoms with Crippen LogP contribution in [0.15, 0.2) is 24.5 Å². The molecule has 0 atom stereocenters. The maximum atomic E-state index is 11.7. The summed E-state index contributed by atoms with van der Waals surface area (Å²) in [5.41, 5.74) is 1.73. The van der Waals surface area contributed by atoms with Gasteiger partial charge in [-0.2, -0.15) is 0 Å². The van der Waals surface area contributed by atoms with E-state index in [1.807, 2.05) is 13.8 Å². The molecule has 2 rings (SSSR count). The van der Waals surface area contributed by atoms with Gasteiger partial charge in [0.2, 0.25) is 0 Å². The van der Waals surface area contributed by atoms with Crippen molar-refractivity contribution in [3.63, 3.8) is 0 Å². The fourth-order valence-corrected chi connectivity index (χ4v) is 2.25. The van der Waals surface area contributed by atoms with Crippen molar-refractivity contribution in [2.45, 2.75) is 20.4 Å². The van der Waals surface area contributed by atoms with Gasteiger partial charge in [0.25, 0.3) is 0 Å². The van der Waals surface area contributed by atoms with Gasteiger partial charge in [-0.25, -0.2) is 4.98 Å². The molecule has 2 heterocycles. The second-order valence-corrected chi connectivity index (χ2v) is 5.36. The molecule has 104 valence electrons. The second-order valence-electron chi connectivity index (χ2n) is 4.15. The molecule has 2 aromatic rings. The number of rotatable bonds is 3. The molecule has 0 aromatic carbocycles. The Morgan fingerprint density at radius 1 is 1.20 bits per heavy atom. The van der Waals surface area contributed by atoms with Crippen LogP contribution in [0.4, 0.5) is 5.13 Å². The van der Waals surface area contributed by atoms with Gasteiger partial charge in [0.05, 0.1) is 5.69 Å². The number of pyridine rings is 1. The minimum absolute atomic E-state index is 0.282. The van der Waals surface area contributed by atoms with Gasteiger partial charge in [-0.15, -0.1) is 11.3 Å². The summed E-state index contributed by atoms with van der Waals surface area (Å²) in [7, 11) is 0. The number of thiazole rings is 1. The number of aromatic nitrogens is 2. The first-order valence-electron chi connectivity index (χ1n) is 5.98. The minimum Gasteiger partial charge on any atom is -0.344 e. The van der Waals surface area contributed by atoms with E-state index in [0.717, 1.165) is 16.1 Å². The molecule has 6 nitrogen and oxygen atoms in total. The summed E-state index contributed by atoms with van der Waals surface area (Å²) in [6.45, 7) is 4.04. The molecule has 0 radical (unpaired) electrons. The lowest BCUT2D eigenvalue weighted by molar-refractivity contribution is -0.136. The van der Waals surface area contributed by atoms with Crippen LogP contribution in [0.5, 0.6) is 0 Å². The van der Waals surface area contributed by atoms with Crippen molar-refractivity contribution in [3.05, 3.63) is 40.7 Å². The quantitative estimate of drug-likeness (QED) is 0.837. The predicted molar refractivity (Wildman–Crippen MR) is 76.3 cm³/mol. The molecule has 0 aliphatic rings. The smallest absolute Gasteiger partial charge is 0.315 e. The first-order valence-corrected chi connectivity index (χ1v) is 6.80. The number of amides is 2. The van der Waals surface area contributed by atoms with Crippen molar-refractivity contribution in [2.75, 3.05) is 5.32 Å². The molecule has 0 spiro atoms. The predicted octanol–water partition coefficient (Wildman–Crippen LogP) is 1.41. The third-order valence-corrected chi connectivity index (χ3v) is 3.65. The first kappa shape index (κ1) is 14.1. The number of carbonyl (C=O) groups is 2. The van der Waals surface area contributed by atoms with Gasteiger partial charge in [0, 0.05) is 23.8 Å². The monoisotopic (exact) mass is 290 g/mol. The molecule has 0 saturated heterocycles. The Balaban J connectivity index is 1.87. The van der Waals surface area contributed by atoms with E-state index < -0.39 is 11.8 Å². The lowest BCUT2D eigenvalue weighted by atomic mass is 10.3. The highest BCUT2D eigenvalue weighted by molar-refractivity contribution is 7.15. The van der Waals surface area contributed by atoms with Gasteiger partial charge < -0.3 is 5.32 Å². The van der Waals surface area contributed by atoms with Crippen molar-refractivity contribution in [2.24, 2.45) is 0 Å². The minimum atomic E-state index is -0.715. The van der Waals surface area contributed by atoms with Crippen molar-refractivity contribution in [3.8, 4) is 0 Å². The number of hydrogen-bond donors (Lipinski definition) is 2. The summed E-state index contributed by atoms with van der Waals surface area (Å²) < 4.78 is 0. The van der Waals surface area contributed by atoms with Crippen LogP contribution >= 0.6 is 11.3 Å². The highest BCUT2D eigenvalue weighted by Gasteiger charge is 2.15. The van der Waals surface area contributed by atoms with E-state index in [2.05, 4.69) is 20.6 Å². The van der Waals surface area contributed by atoms with E-state index in [9.17, 15) is 9.59 Å². The summed E-state index contributed by atoms with van der Waals surface area (Å²) in [4.78, 5) is 32.4. The van der Waals surface area contributed by atoms with Crippen molar-refractivity contribution in [1.82, 2.24) is 15.3 Å². The maximum Gasteiger partial charge on any atom is 0.315 e. The van der Waals surface area contributed by atoms with Crippen LogP contribution in [0, 0.1) is 13.8 Å². The molecule has 0 aliphatic heterocycles. The van der Waals surface area contributed by atoms with E-state index in [1.54, 1.807) is 24.5 Å². The molecule has 2 aromatic heterocycles. The third-order valence-electron chi connectivity index (χ3n) is 2.66. The van der Waals surface area contributed by atoms with E-state index in [0.29, 0.717) is 5.13 Å². The van der Waals surface area contributed by atoms with Crippen molar-refractivity contribution >= 4 is 28.3 Å². The SMILES string of the molecule is Cc1nc(NC(=O)C(=O)NCc2ccncc2)sc1C. The number of carbonyl (C=O) groups excluding carboxylic acids is 2. The van der Waals surface area contributed by atoms with Gasteiger partial charge >= 0.3 is 11.8 Å². The van der Waals surface area contributed by atoms with Crippen molar-refractivity contribution < 1.29 is 9.59 Å². The van der Waals surface area contributed by atoms with Gasteiger partial charge in [-0.1, -0.05) is 0 Å². The topological polar surface area (TPSA) is 84.0 Å². The lowest BCUT2D eigenvalue weighted by Gasteiger charge is -2.04. The van der Waals surface area contributed by atoms with Gasteiger partial charge in [0.15, 0.2) is 5.13 Å². The fourth-order valence-electron chi connectivity index (χ4n) is 1.44. The Kier molecular flexibility index (Phi) is 4.41. The average Bonchev–Trinajstić information content (AvgIpc) is 2.75. The lowest BCUT2D eigenvalue weighted by Crippen LogP contribution is -2.34. The molecule has 0 saturated carbocycles. The van der Waals surface area contributed by atoms with Crippen LogP contribution in [-0.2, 0) is 16.1 Å². The Labute approximate surface area is 120 Å². The molecule has 0 fully saturated rings. The van der Waals surface area contributed by atoms with Crippen LogP contribution in [0.25, 0.3) is 0 Å². The Hall–Kier alpha value is -2.28. The summed E-state index contributed by atoms with van der Waals surface area (Å²) in [5, 5.41) is 5.46. The Bertz CT molecular complexity index is 605. The molecular weight excluding hydrogens is 276 g/mol. The second kappa shape index (κ2) is 6.25.